The lowest BCUT2D eigenvalue weighted by atomic mass is 10.0. The number of azo groups is 1. The maximum Gasteiger partial charge on any atom is 0.260 e. The van der Waals surface area contributed by atoms with Crippen LogP contribution in [-0.2, 0) is 0 Å². The highest BCUT2D eigenvalue weighted by molar-refractivity contribution is 6.16. The average Bonchev–Trinajstić information content (AvgIpc) is 3.35. The second kappa shape index (κ2) is 9.93. The molecule has 0 aliphatic heterocycles. The van der Waals surface area contributed by atoms with E-state index in [1.165, 1.54) is 23.3 Å². The fourth-order valence-corrected chi connectivity index (χ4v) is 3.66. The first-order valence-electron chi connectivity index (χ1n) is 11.0. The molecule has 180 valence electrons. The molecule has 3 aromatic carbocycles. The van der Waals surface area contributed by atoms with Crippen LogP contribution in [0.1, 0.15) is 15.9 Å². The molecule has 0 saturated carbocycles. The molecule has 0 unspecified atom stereocenters. The quantitative estimate of drug-likeness (QED) is 0.315. The number of aromatic hydroxyl groups is 1. The van der Waals surface area contributed by atoms with E-state index in [0.717, 1.165) is 0 Å². The molecular formula is C26H18N8O3. The van der Waals surface area contributed by atoms with Crippen LogP contribution in [0.2, 0.25) is 0 Å². The van der Waals surface area contributed by atoms with Crippen molar-refractivity contribution in [3.8, 4) is 23.5 Å². The third-order valence-corrected chi connectivity index (χ3v) is 5.44. The molecule has 0 atom stereocenters. The van der Waals surface area contributed by atoms with Gasteiger partial charge in [-0.05, 0) is 47.2 Å². The van der Waals surface area contributed by atoms with Crippen molar-refractivity contribution in [2.24, 2.45) is 10.2 Å². The summed E-state index contributed by atoms with van der Waals surface area (Å²) in [5.74, 6) is 0.0154. The summed E-state index contributed by atoms with van der Waals surface area (Å²) in [6.07, 6.45) is 4.37. The van der Waals surface area contributed by atoms with E-state index in [9.17, 15) is 15.2 Å². The SMILES string of the molecule is COc1ccc(NC(=O)c2c(O)c(N=Nc3c(C#N)cnn3-c3ncccn3)cc3ccccc23)cc1. The van der Waals surface area contributed by atoms with Gasteiger partial charge in [0.1, 0.15) is 23.1 Å². The highest BCUT2D eigenvalue weighted by atomic mass is 16.5. The average molecular weight is 490 g/mol. The number of rotatable bonds is 6. The number of nitrogens with zero attached hydrogens (tertiary/aromatic N) is 7. The summed E-state index contributed by atoms with van der Waals surface area (Å²) in [5, 5.41) is 37.1. The van der Waals surface area contributed by atoms with Gasteiger partial charge in [0.15, 0.2) is 11.6 Å². The summed E-state index contributed by atoms with van der Waals surface area (Å²) in [6, 6.07) is 19.2. The molecule has 2 aromatic heterocycles. The van der Waals surface area contributed by atoms with Crippen molar-refractivity contribution < 1.29 is 14.6 Å². The van der Waals surface area contributed by atoms with Crippen molar-refractivity contribution in [3.63, 3.8) is 0 Å². The Labute approximate surface area is 210 Å². The van der Waals surface area contributed by atoms with Gasteiger partial charge >= 0.3 is 0 Å². The van der Waals surface area contributed by atoms with Crippen molar-refractivity contribution in [2.75, 3.05) is 12.4 Å². The summed E-state index contributed by atoms with van der Waals surface area (Å²) in [6.45, 7) is 0. The Hall–Kier alpha value is -5.63. The summed E-state index contributed by atoms with van der Waals surface area (Å²) in [7, 11) is 1.55. The molecule has 11 nitrogen and oxygen atoms in total. The van der Waals surface area contributed by atoms with Gasteiger partial charge in [0.2, 0.25) is 0 Å². The van der Waals surface area contributed by atoms with E-state index in [-0.39, 0.29) is 34.3 Å². The van der Waals surface area contributed by atoms with Crippen LogP contribution >= 0.6 is 0 Å². The van der Waals surface area contributed by atoms with Gasteiger partial charge in [-0.2, -0.15) is 15.0 Å². The van der Waals surface area contributed by atoms with Gasteiger partial charge in [0.05, 0.1) is 18.9 Å². The van der Waals surface area contributed by atoms with Crippen molar-refractivity contribution in [2.45, 2.75) is 0 Å². The third kappa shape index (κ3) is 4.54. The van der Waals surface area contributed by atoms with E-state index in [1.807, 2.05) is 6.07 Å². The zero-order chi connectivity index (χ0) is 25.8. The Morgan fingerprint density at radius 2 is 1.84 bits per heavy atom. The minimum Gasteiger partial charge on any atom is -0.505 e. The van der Waals surface area contributed by atoms with Gasteiger partial charge in [0.25, 0.3) is 11.9 Å². The first-order valence-corrected chi connectivity index (χ1v) is 11.0. The fraction of sp³-hybridized carbons (Fsp3) is 0.0385. The van der Waals surface area contributed by atoms with E-state index >= 15 is 0 Å². The molecule has 0 aliphatic carbocycles. The van der Waals surface area contributed by atoms with Gasteiger partial charge in [-0.3, -0.25) is 4.79 Å². The zero-order valence-corrected chi connectivity index (χ0v) is 19.4. The van der Waals surface area contributed by atoms with Crippen LogP contribution in [0.25, 0.3) is 16.7 Å². The van der Waals surface area contributed by atoms with Crippen LogP contribution in [0.3, 0.4) is 0 Å². The number of benzene rings is 3. The molecule has 37 heavy (non-hydrogen) atoms. The van der Waals surface area contributed by atoms with Crippen LogP contribution in [0, 0.1) is 11.3 Å². The fourth-order valence-electron chi connectivity index (χ4n) is 3.66. The Morgan fingerprint density at radius 1 is 1.08 bits per heavy atom. The molecule has 5 rings (SSSR count). The van der Waals surface area contributed by atoms with Gasteiger partial charge in [-0.25, -0.2) is 9.97 Å². The number of nitrogens with one attached hydrogen (secondary N) is 1. The van der Waals surface area contributed by atoms with Crippen LogP contribution in [0.5, 0.6) is 11.5 Å². The van der Waals surface area contributed by atoms with Crippen molar-refractivity contribution in [1.29, 1.82) is 5.26 Å². The van der Waals surface area contributed by atoms with Gasteiger partial charge in [-0.1, -0.05) is 24.3 Å². The summed E-state index contributed by atoms with van der Waals surface area (Å²) < 4.78 is 6.41. The number of methoxy groups -OCH3 is 1. The molecule has 2 heterocycles. The second-order valence-corrected chi connectivity index (χ2v) is 7.68. The number of fused-ring (bicyclic) bond motifs is 1. The molecule has 0 radical (unpaired) electrons. The first kappa shape index (κ1) is 23.1. The molecule has 2 N–H and O–H groups in total. The second-order valence-electron chi connectivity index (χ2n) is 7.68. The molecule has 5 aromatic rings. The molecular weight excluding hydrogens is 472 g/mol. The standard InChI is InChI=1S/C26H18N8O3/c1-37-19-9-7-18(8-10-19)31-25(36)22-20-6-3-2-5-16(20)13-21(23(22)35)32-33-24-17(14-27)15-30-34(24)26-28-11-4-12-29-26/h2-13,15,35H,1H3,(H,31,36). The number of carbonyl (C=O) groups excluding carboxylic acids is 1. The molecule has 0 fully saturated rings. The largest absolute Gasteiger partial charge is 0.505 e. The van der Waals surface area contributed by atoms with Crippen LogP contribution in [-0.4, -0.2) is 37.9 Å². The minimum absolute atomic E-state index is 0.0308. The molecule has 1 amide bonds. The van der Waals surface area contributed by atoms with Gasteiger partial charge in [0, 0.05) is 18.1 Å². The number of amides is 1. The number of hydrogen-bond acceptors (Lipinski definition) is 9. The van der Waals surface area contributed by atoms with E-state index in [1.54, 1.807) is 67.8 Å². The van der Waals surface area contributed by atoms with Gasteiger partial charge in [-0.15, -0.1) is 10.2 Å². The smallest absolute Gasteiger partial charge is 0.260 e. The lowest BCUT2D eigenvalue weighted by Gasteiger charge is -2.12. The summed E-state index contributed by atoms with van der Waals surface area (Å²) >= 11 is 0. The third-order valence-electron chi connectivity index (χ3n) is 5.44. The molecule has 0 aliphatic rings. The monoisotopic (exact) mass is 490 g/mol. The van der Waals surface area contributed by atoms with Crippen molar-refractivity contribution >= 4 is 33.9 Å². The number of ether oxygens (including phenoxy) is 1. The summed E-state index contributed by atoms with van der Waals surface area (Å²) in [4.78, 5) is 21.5. The lowest BCUT2D eigenvalue weighted by Crippen LogP contribution is -2.12. The van der Waals surface area contributed by atoms with Crippen LogP contribution in [0.15, 0.2) is 89.5 Å². The van der Waals surface area contributed by atoms with Crippen molar-refractivity contribution in [1.82, 2.24) is 19.7 Å². The normalized spacial score (nSPS) is 10.9. The Kier molecular flexibility index (Phi) is 6.21. The van der Waals surface area contributed by atoms with E-state index in [2.05, 4.69) is 30.6 Å². The highest BCUT2D eigenvalue weighted by Crippen LogP contribution is 2.38. The van der Waals surface area contributed by atoms with Crippen LogP contribution < -0.4 is 10.1 Å². The first-order chi connectivity index (χ1) is 18.1. The Morgan fingerprint density at radius 3 is 2.57 bits per heavy atom. The number of nitriles is 1. The number of aromatic nitrogens is 4. The number of hydrogen-bond donors (Lipinski definition) is 2. The number of carbonyl (C=O) groups is 1. The molecule has 0 spiro atoms. The highest BCUT2D eigenvalue weighted by Gasteiger charge is 2.20. The summed E-state index contributed by atoms with van der Waals surface area (Å²) in [5.41, 5.74) is 0.716. The Bertz CT molecular complexity index is 1670. The minimum atomic E-state index is -0.531. The molecule has 0 bridgehead atoms. The molecule has 0 saturated heterocycles. The Balaban J connectivity index is 1.57. The molecule has 11 heteroatoms. The van der Waals surface area contributed by atoms with E-state index in [0.29, 0.717) is 22.2 Å². The lowest BCUT2D eigenvalue weighted by molar-refractivity contribution is 0.102. The maximum absolute atomic E-state index is 13.3. The number of phenols is 1. The van der Waals surface area contributed by atoms with Crippen LogP contribution in [0.4, 0.5) is 17.2 Å². The zero-order valence-electron chi connectivity index (χ0n) is 19.4. The topological polar surface area (TPSA) is 151 Å². The number of anilines is 1. The predicted molar refractivity (Wildman–Crippen MR) is 135 cm³/mol. The predicted octanol–water partition coefficient (Wildman–Crippen LogP) is 5.07. The maximum atomic E-state index is 13.3. The van der Waals surface area contributed by atoms with E-state index < -0.39 is 5.91 Å². The van der Waals surface area contributed by atoms with Crippen molar-refractivity contribution in [3.05, 3.63) is 90.4 Å². The van der Waals surface area contributed by atoms with Gasteiger partial charge < -0.3 is 15.2 Å². The van der Waals surface area contributed by atoms with E-state index in [4.69, 9.17) is 4.74 Å². The number of phenolic OH excluding ortho intramolecular Hbond substituents is 1.